The SMILES string of the molecule is CCOC(=O)N1CCN(C(=O)[C@H](CCC(=O)O)NC(=O)c2cc(OCC(=O)N(C)C(=O)NC3CC3)n(-c3ccccc3)n2)CC1. The van der Waals surface area contributed by atoms with Crippen LogP contribution in [0, 0.1) is 0 Å². The van der Waals surface area contributed by atoms with Crippen LogP contribution in [0.3, 0.4) is 0 Å². The molecule has 1 aromatic carbocycles. The van der Waals surface area contributed by atoms with Gasteiger partial charge in [-0.15, -0.1) is 0 Å². The predicted molar refractivity (Wildman–Crippen MR) is 157 cm³/mol. The number of amides is 6. The summed E-state index contributed by atoms with van der Waals surface area (Å²) >= 11 is 0. The zero-order valence-corrected chi connectivity index (χ0v) is 25.1. The van der Waals surface area contributed by atoms with Crippen LogP contribution in [0.25, 0.3) is 5.69 Å². The molecule has 2 aliphatic rings. The first-order valence-electron chi connectivity index (χ1n) is 14.7. The Balaban J connectivity index is 1.47. The van der Waals surface area contributed by atoms with Gasteiger partial charge in [-0.3, -0.25) is 24.1 Å². The largest absolute Gasteiger partial charge is 0.481 e. The monoisotopic (exact) mass is 627 g/mol. The predicted octanol–water partition coefficient (Wildman–Crippen LogP) is 0.845. The van der Waals surface area contributed by atoms with E-state index in [9.17, 15) is 33.9 Å². The smallest absolute Gasteiger partial charge is 0.409 e. The van der Waals surface area contributed by atoms with Gasteiger partial charge in [-0.25, -0.2) is 14.3 Å². The first-order chi connectivity index (χ1) is 21.6. The van der Waals surface area contributed by atoms with Crippen LogP contribution in [0.5, 0.6) is 5.88 Å². The fourth-order valence-corrected chi connectivity index (χ4v) is 4.48. The standard InChI is InChI=1S/C29H37N7O9/c1-3-44-29(43)35-15-13-34(14-16-35)27(41)21(11-12-25(38)39)31-26(40)22-17-24(36(32-22)20-7-5-4-6-8-20)45-18-23(37)33(2)28(42)30-19-9-10-19/h4-8,17,19,21H,3,9-16,18H2,1-2H3,(H,30,42)(H,31,40)(H,38,39)/t21-/m0/s1. The highest BCUT2D eigenvalue weighted by molar-refractivity contribution is 5.97. The summed E-state index contributed by atoms with van der Waals surface area (Å²) < 4.78 is 12.0. The summed E-state index contributed by atoms with van der Waals surface area (Å²) in [6.45, 7) is 2.20. The number of nitrogens with one attached hydrogen (secondary N) is 2. The first kappa shape index (κ1) is 32.8. The first-order valence-corrected chi connectivity index (χ1v) is 14.7. The summed E-state index contributed by atoms with van der Waals surface area (Å²) in [5.74, 6) is -3.00. The number of carboxylic acids is 1. The molecule has 1 atom stereocenters. The van der Waals surface area contributed by atoms with Crippen LogP contribution in [0.2, 0.25) is 0 Å². The van der Waals surface area contributed by atoms with Gasteiger partial charge in [0.15, 0.2) is 12.3 Å². The van der Waals surface area contributed by atoms with E-state index in [2.05, 4.69) is 15.7 Å². The fourth-order valence-electron chi connectivity index (χ4n) is 4.48. The molecule has 4 rings (SSSR count). The third-order valence-corrected chi connectivity index (χ3v) is 7.20. The lowest BCUT2D eigenvalue weighted by Crippen LogP contribution is -2.56. The van der Waals surface area contributed by atoms with E-state index in [0.717, 1.165) is 17.7 Å². The maximum absolute atomic E-state index is 13.4. The van der Waals surface area contributed by atoms with Crippen molar-refractivity contribution in [3.63, 3.8) is 0 Å². The number of benzene rings is 1. The van der Waals surface area contributed by atoms with Crippen LogP contribution in [0.15, 0.2) is 36.4 Å². The molecule has 16 nitrogen and oxygen atoms in total. The number of imide groups is 1. The molecule has 1 saturated heterocycles. The van der Waals surface area contributed by atoms with Crippen LogP contribution < -0.4 is 15.4 Å². The summed E-state index contributed by atoms with van der Waals surface area (Å²) in [6.07, 6.45) is 0.684. The molecule has 16 heteroatoms. The second-order valence-corrected chi connectivity index (χ2v) is 10.6. The number of hydrogen-bond donors (Lipinski definition) is 3. The summed E-state index contributed by atoms with van der Waals surface area (Å²) in [6, 6.07) is 8.29. The Bertz CT molecular complexity index is 1400. The van der Waals surface area contributed by atoms with Crippen LogP contribution in [-0.4, -0.2) is 124 Å². The number of hydrogen-bond acceptors (Lipinski definition) is 9. The van der Waals surface area contributed by atoms with Crippen LogP contribution in [0.4, 0.5) is 9.59 Å². The van der Waals surface area contributed by atoms with E-state index in [4.69, 9.17) is 9.47 Å². The maximum Gasteiger partial charge on any atom is 0.409 e. The lowest BCUT2D eigenvalue weighted by Gasteiger charge is -2.35. The molecular formula is C29H37N7O9. The van der Waals surface area contributed by atoms with Crippen molar-refractivity contribution in [2.24, 2.45) is 0 Å². The molecule has 1 aliphatic carbocycles. The van der Waals surface area contributed by atoms with E-state index in [1.165, 1.54) is 27.6 Å². The number of para-hydroxylation sites is 1. The highest BCUT2D eigenvalue weighted by Gasteiger charge is 2.32. The average Bonchev–Trinajstić information content (AvgIpc) is 3.75. The average molecular weight is 628 g/mol. The Morgan fingerprint density at radius 1 is 1.04 bits per heavy atom. The summed E-state index contributed by atoms with van der Waals surface area (Å²) in [5.41, 5.74) is 0.359. The van der Waals surface area contributed by atoms with Crippen molar-refractivity contribution >= 4 is 35.8 Å². The number of carboxylic acid groups (broad SMARTS) is 1. The van der Waals surface area contributed by atoms with Crippen molar-refractivity contribution in [2.45, 2.75) is 44.7 Å². The number of piperazine rings is 1. The van der Waals surface area contributed by atoms with Gasteiger partial charge < -0.3 is 35.0 Å². The lowest BCUT2D eigenvalue weighted by atomic mass is 10.1. The Hall–Kier alpha value is -5.15. The van der Waals surface area contributed by atoms with E-state index in [-0.39, 0.29) is 63.2 Å². The summed E-state index contributed by atoms with van der Waals surface area (Å²) in [7, 11) is 1.34. The molecule has 1 saturated carbocycles. The molecule has 3 N–H and O–H groups in total. The lowest BCUT2D eigenvalue weighted by molar-refractivity contribution is -0.138. The summed E-state index contributed by atoms with van der Waals surface area (Å²) in [5, 5.41) is 18.9. The molecule has 0 bridgehead atoms. The molecule has 2 aromatic rings. The molecule has 1 aromatic heterocycles. The molecule has 6 amide bonds. The second kappa shape index (κ2) is 15.0. The van der Waals surface area contributed by atoms with Gasteiger partial charge in [0.2, 0.25) is 11.8 Å². The minimum absolute atomic E-state index is 0.0270. The number of aliphatic carboxylic acids is 1. The molecule has 0 unspecified atom stereocenters. The zero-order chi connectivity index (χ0) is 32.5. The summed E-state index contributed by atoms with van der Waals surface area (Å²) in [4.78, 5) is 78.9. The highest BCUT2D eigenvalue weighted by Crippen LogP contribution is 2.21. The number of rotatable bonds is 12. The van der Waals surface area contributed by atoms with Crippen LogP contribution in [-0.2, 0) is 19.1 Å². The third-order valence-electron chi connectivity index (χ3n) is 7.20. The van der Waals surface area contributed by atoms with Crippen molar-refractivity contribution in [2.75, 3.05) is 46.4 Å². The van der Waals surface area contributed by atoms with Gasteiger partial charge >= 0.3 is 18.1 Å². The van der Waals surface area contributed by atoms with E-state index in [0.29, 0.717) is 5.69 Å². The van der Waals surface area contributed by atoms with Crippen molar-refractivity contribution in [3.8, 4) is 11.6 Å². The van der Waals surface area contributed by atoms with Gasteiger partial charge in [0.25, 0.3) is 11.8 Å². The number of urea groups is 1. The number of carbonyl (C=O) groups excluding carboxylic acids is 5. The number of carbonyl (C=O) groups is 6. The van der Waals surface area contributed by atoms with E-state index < -0.39 is 48.5 Å². The van der Waals surface area contributed by atoms with Gasteiger partial charge in [0, 0.05) is 51.8 Å². The quantitative estimate of drug-likeness (QED) is 0.304. The Morgan fingerprint density at radius 2 is 1.71 bits per heavy atom. The van der Waals surface area contributed by atoms with E-state index in [1.807, 2.05) is 0 Å². The topological polar surface area (TPSA) is 193 Å². The van der Waals surface area contributed by atoms with Crippen LogP contribution >= 0.6 is 0 Å². The Morgan fingerprint density at radius 3 is 2.33 bits per heavy atom. The molecule has 0 radical (unpaired) electrons. The molecular weight excluding hydrogens is 590 g/mol. The fraction of sp³-hybridized carbons (Fsp3) is 0.483. The second-order valence-electron chi connectivity index (χ2n) is 10.6. The number of ether oxygens (including phenoxy) is 2. The molecule has 2 heterocycles. The van der Waals surface area contributed by atoms with Crippen molar-refractivity contribution in [3.05, 3.63) is 42.1 Å². The number of nitrogens with zero attached hydrogens (tertiary/aromatic N) is 5. The number of likely N-dealkylation sites (N-methyl/N-ethyl adjacent to an activating group) is 1. The van der Waals surface area contributed by atoms with E-state index >= 15 is 0 Å². The van der Waals surface area contributed by atoms with Crippen LogP contribution in [0.1, 0.15) is 43.1 Å². The minimum Gasteiger partial charge on any atom is -0.481 e. The van der Waals surface area contributed by atoms with Crippen molar-refractivity contribution in [1.82, 2.24) is 35.1 Å². The van der Waals surface area contributed by atoms with E-state index in [1.54, 1.807) is 37.3 Å². The van der Waals surface area contributed by atoms with Gasteiger partial charge in [-0.2, -0.15) is 5.10 Å². The van der Waals surface area contributed by atoms with Gasteiger partial charge in [-0.05, 0) is 38.3 Å². The molecule has 45 heavy (non-hydrogen) atoms. The Labute approximate surface area is 259 Å². The molecule has 2 fully saturated rings. The molecule has 0 spiro atoms. The van der Waals surface area contributed by atoms with Crippen molar-refractivity contribution < 1.29 is 43.3 Å². The normalized spacial score (nSPS) is 15.1. The Kier molecular flexibility index (Phi) is 10.9. The van der Waals surface area contributed by atoms with Gasteiger partial charge in [0.05, 0.1) is 12.3 Å². The minimum atomic E-state index is -1.19. The molecule has 242 valence electrons. The highest BCUT2D eigenvalue weighted by atomic mass is 16.6. The van der Waals surface area contributed by atoms with Crippen molar-refractivity contribution in [1.29, 1.82) is 0 Å². The maximum atomic E-state index is 13.4. The zero-order valence-electron chi connectivity index (χ0n) is 25.1. The van der Waals surface area contributed by atoms with Gasteiger partial charge in [0.1, 0.15) is 6.04 Å². The van der Waals surface area contributed by atoms with Gasteiger partial charge in [-0.1, -0.05) is 18.2 Å². The number of aromatic nitrogens is 2. The molecule has 1 aliphatic heterocycles. The third kappa shape index (κ3) is 8.93.